The number of nitrogens with one attached hydrogen (secondary N) is 1. The molecular formula is C12H10N8S. The van der Waals surface area contributed by atoms with E-state index in [0.717, 1.165) is 23.4 Å². The number of aromatic nitrogens is 8. The number of benzene rings is 1. The second kappa shape index (κ2) is 3.50. The van der Waals surface area contributed by atoms with Gasteiger partial charge in [-0.25, -0.2) is 9.50 Å². The van der Waals surface area contributed by atoms with Crippen LogP contribution in [0.4, 0.5) is 0 Å². The highest BCUT2D eigenvalue weighted by molar-refractivity contribution is 7.71. The summed E-state index contributed by atoms with van der Waals surface area (Å²) in [6, 6.07) is 8.19. The molecule has 8 nitrogen and oxygen atoms in total. The van der Waals surface area contributed by atoms with E-state index < -0.39 is 0 Å². The Morgan fingerprint density at radius 1 is 1.05 bits per heavy atom. The van der Waals surface area contributed by atoms with E-state index in [2.05, 4.69) is 44.0 Å². The van der Waals surface area contributed by atoms with Gasteiger partial charge in [-0.3, -0.25) is 0 Å². The van der Waals surface area contributed by atoms with Crippen molar-refractivity contribution in [2.45, 2.75) is 13.5 Å². The van der Waals surface area contributed by atoms with E-state index >= 15 is 0 Å². The summed E-state index contributed by atoms with van der Waals surface area (Å²) in [4.78, 5) is 0. The van der Waals surface area contributed by atoms with Crippen molar-refractivity contribution in [2.24, 2.45) is 0 Å². The lowest BCUT2D eigenvalue weighted by Gasteiger charge is -1.98. The lowest BCUT2D eigenvalue weighted by atomic mass is 10.3. The predicted octanol–water partition coefficient (Wildman–Crippen LogP) is 1.66. The topological polar surface area (TPSA) is 72.6 Å². The maximum atomic E-state index is 5.17. The average Bonchev–Trinajstić information content (AvgIpc) is 3.18. The fourth-order valence-corrected chi connectivity index (χ4v) is 3.04. The van der Waals surface area contributed by atoms with Gasteiger partial charge in [0.1, 0.15) is 0 Å². The Morgan fingerprint density at radius 2 is 1.81 bits per heavy atom. The third-order valence-electron chi connectivity index (χ3n) is 3.76. The van der Waals surface area contributed by atoms with Gasteiger partial charge in [-0.15, -0.1) is 15.3 Å². The molecular weight excluding hydrogens is 288 g/mol. The van der Waals surface area contributed by atoms with Crippen LogP contribution in [0.3, 0.4) is 0 Å². The molecule has 9 heteroatoms. The Morgan fingerprint density at radius 3 is 2.62 bits per heavy atom. The van der Waals surface area contributed by atoms with E-state index in [4.69, 9.17) is 12.2 Å². The Kier molecular flexibility index (Phi) is 1.84. The van der Waals surface area contributed by atoms with Crippen LogP contribution in [-0.2, 0) is 6.54 Å². The SMILES string of the molecule is CCn1c2ccccc2n2c1nn1c3n[nH]c(=S)n3nc12. The van der Waals surface area contributed by atoms with Gasteiger partial charge in [0.25, 0.3) is 11.6 Å². The van der Waals surface area contributed by atoms with Gasteiger partial charge in [0.15, 0.2) is 0 Å². The van der Waals surface area contributed by atoms with Crippen molar-refractivity contribution >= 4 is 40.6 Å². The summed E-state index contributed by atoms with van der Waals surface area (Å²) >= 11 is 5.17. The molecule has 0 fully saturated rings. The zero-order chi connectivity index (χ0) is 14.1. The molecule has 4 aromatic heterocycles. The Labute approximate surface area is 122 Å². The number of H-pyrrole nitrogens is 1. The molecule has 4 heterocycles. The largest absolute Gasteiger partial charge is 0.309 e. The average molecular weight is 298 g/mol. The highest BCUT2D eigenvalue weighted by Crippen LogP contribution is 2.22. The van der Waals surface area contributed by atoms with E-state index in [0.29, 0.717) is 16.3 Å². The van der Waals surface area contributed by atoms with E-state index in [1.807, 2.05) is 16.5 Å². The van der Waals surface area contributed by atoms with Crippen molar-refractivity contribution < 1.29 is 0 Å². The van der Waals surface area contributed by atoms with Crippen molar-refractivity contribution in [1.29, 1.82) is 0 Å². The van der Waals surface area contributed by atoms with Crippen molar-refractivity contribution in [3.8, 4) is 0 Å². The zero-order valence-corrected chi connectivity index (χ0v) is 11.9. The summed E-state index contributed by atoms with van der Waals surface area (Å²) < 4.78 is 7.94. The number of hydrogen-bond acceptors (Lipinski definition) is 4. The standard InChI is InChI=1S/C12H10N8S/c1-2-17-7-5-3-4-6-8(7)18-10(17)15-19-9-13-14-12(21)20(9)16-11(18)19/h3-6H,2H2,1H3,(H,14,21). The summed E-state index contributed by atoms with van der Waals surface area (Å²) in [6.07, 6.45) is 0. The van der Waals surface area contributed by atoms with Gasteiger partial charge in [0, 0.05) is 6.54 Å². The number of aromatic amines is 1. The number of fused-ring (bicyclic) bond motifs is 7. The molecule has 1 aromatic carbocycles. The van der Waals surface area contributed by atoms with Gasteiger partial charge in [-0.05, 0) is 31.3 Å². The summed E-state index contributed by atoms with van der Waals surface area (Å²) in [5, 5.41) is 16.1. The third kappa shape index (κ3) is 1.16. The van der Waals surface area contributed by atoms with Crippen LogP contribution in [0.15, 0.2) is 24.3 Å². The Bertz CT molecular complexity index is 1200. The van der Waals surface area contributed by atoms with Crippen LogP contribution in [0, 0.1) is 4.77 Å². The second-order valence-corrected chi connectivity index (χ2v) is 5.21. The second-order valence-electron chi connectivity index (χ2n) is 4.82. The molecule has 0 spiro atoms. The quantitative estimate of drug-likeness (QED) is 0.478. The first-order valence-electron chi connectivity index (χ1n) is 6.61. The number of aryl methyl sites for hydroxylation is 1. The molecule has 0 radical (unpaired) electrons. The maximum absolute atomic E-state index is 5.17. The summed E-state index contributed by atoms with van der Waals surface area (Å²) in [6.45, 7) is 2.93. The lowest BCUT2D eigenvalue weighted by Crippen LogP contribution is -1.96. The van der Waals surface area contributed by atoms with Gasteiger partial charge >= 0.3 is 0 Å². The number of rotatable bonds is 1. The first-order chi connectivity index (χ1) is 10.3. The molecule has 104 valence electrons. The molecule has 0 aliphatic rings. The summed E-state index contributed by atoms with van der Waals surface area (Å²) in [5.74, 6) is 2.14. The Hall–Kier alpha value is -2.68. The zero-order valence-electron chi connectivity index (χ0n) is 11.1. The van der Waals surface area contributed by atoms with E-state index in [9.17, 15) is 0 Å². The van der Waals surface area contributed by atoms with Gasteiger partial charge < -0.3 is 4.57 Å². The van der Waals surface area contributed by atoms with Crippen molar-refractivity contribution in [3.05, 3.63) is 29.0 Å². The van der Waals surface area contributed by atoms with Crippen molar-refractivity contribution in [2.75, 3.05) is 0 Å². The van der Waals surface area contributed by atoms with Gasteiger partial charge in [0.05, 0.1) is 11.0 Å². The Balaban J connectivity index is 2.13. The normalized spacial score (nSPS) is 12.4. The van der Waals surface area contributed by atoms with E-state index in [-0.39, 0.29) is 0 Å². The first kappa shape index (κ1) is 11.0. The van der Waals surface area contributed by atoms with Crippen LogP contribution >= 0.6 is 12.2 Å². The fourth-order valence-electron chi connectivity index (χ4n) is 2.88. The molecule has 21 heavy (non-hydrogen) atoms. The number of para-hydroxylation sites is 2. The molecule has 0 aliphatic heterocycles. The first-order valence-corrected chi connectivity index (χ1v) is 7.02. The number of nitrogens with zero attached hydrogens (tertiary/aromatic N) is 7. The van der Waals surface area contributed by atoms with Gasteiger partial charge in [-0.1, -0.05) is 12.1 Å². The highest BCUT2D eigenvalue weighted by atomic mass is 32.1. The van der Waals surface area contributed by atoms with Crippen LogP contribution in [0.5, 0.6) is 0 Å². The smallest absolute Gasteiger partial charge is 0.275 e. The van der Waals surface area contributed by atoms with Crippen LogP contribution in [0.1, 0.15) is 6.92 Å². The van der Waals surface area contributed by atoms with Crippen LogP contribution in [0.25, 0.3) is 28.4 Å². The lowest BCUT2D eigenvalue weighted by molar-refractivity contribution is 0.796. The van der Waals surface area contributed by atoms with Crippen LogP contribution in [0.2, 0.25) is 0 Å². The molecule has 0 bridgehead atoms. The molecule has 0 atom stereocenters. The minimum atomic E-state index is 0.462. The third-order valence-corrected chi connectivity index (χ3v) is 4.03. The van der Waals surface area contributed by atoms with Gasteiger partial charge in [-0.2, -0.15) is 9.03 Å². The summed E-state index contributed by atoms with van der Waals surface area (Å²) in [5.41, 5.74) is 2.20. The molecule has 0 aliphatic carbocycles. The van der Waals surface area contributed by atoms with E-state index in [1.54, 1.807) is 9.03 Å². The molecule has 5 aromatic rings. The van der Waals surface area contributed by atoms with Crippen LogP contribution in [-0.4, -0.2) is 38.4 Å². The fraction of sp³-hybridized carbons (Fsp3) is 0.167. The van der Waals surface area contributed by atoms with E-state index in [1.165, 1.54) is 0 Å². The van der Waals surface area contributed by atoms with Crippen molar-refractivity contribution in [1.82, 2.24) is 38.4 Å². The number of hydrogen-bond donors (Lipinski definition) is 1. The molecule has 0 saturated heterocycles. The minimum Gasteiger partial charge on any atom is -0.309 e. The molecule has 0 unspecified atom stereocenters. The maximum Gasteiger partial charge on any atom is 0.275 e. The molecule has 1 N–H and O–H groups in total. The van der Waals surface area contributed by atoms with Crippen LogP contribution < -0.4 is 0 Å². The monoisotopic (exact) mass is 298 g/mol. The number of imidazole rings is 1. The highest BCUT2D eigenvalue weighted by Gasteiger charge is 2.19. The summed E-state index contributed by atoms with van der Waals surface area (Å²) in [7, 11) is 0. The predicted molar refractivity (Wildman–Crippen MR) is 79.0 cm³/mol. The van der Waals surface area contributed by atoms with Crippen molar-refractivity contribution in [3.63, 3.8) is 0 Å². The van der Waals surface area contributed by atoms with Gasteiger partial charge in [0.2, 0.25) is 10.5 Å². The minimum absolute atomic E-state index is 0.462. The molecule has 5 rings (SSSR count). The molecule has 0 amide bonds. The molecule has 0 saturated carbocycles.